The molecule has 0 spiro atoms. The Labute approximate surface area is 156 Å². The van der Waals surface area contributed by atoms with E-state index in [1.54, 1.807) is 0 Å². The molecule has 3 nitrogen and oxygen atoms in total. The minimum atomic E-state index is -0.00917. The molecule has 1 amide bonds. The fourth-order valence-corrected chi connectivity index (χ4v) is 3.02. The fourth-order valence-electron chi connectivity index (χ4n) is 3.02. The van der Waals surface area contributed by atoms with E-state index in [-0.39, 0.29) is 11.8 Å². The zero-order chi connectivity index (χ0) is 18.6. The van der Waals surface area contributed by atoms with Crippen LogP contribution in [0.4, 0.5) is 0 Å². The topological polar surface area (TPSA) is 55.1 Å². The highest BCUT2D eigenvalue weighted by atomic mass is 16.2. The van der Waals surface area contributed by atoms with Gasteiger partial charge in [0.2, 0.25) is 5.91 Å². The van der Waals surface area contributed by atoms with Gasteiger partial charge in [-0.25, -0.2) is 5.84 Å². The van der Waals surface area contributed by atoms with E-state index < -0.39 is 0 Å². The van der Waals surface area contributed by atoms with Gasteiger partial charge in [0, 0.05) is 5.92 Å². The molecule has 1 unspecified atom stereocenters. The summed E-state index contributed by atoms with van der Waals surface area (Å²) in [6.07, 6.45) is 26.2. The number of allylic oxidation sites excluding steroid dienone is 4. The molecule has 0 saturated carbocycles. The largest absolute Gasteiger partial charge is 0.294 e. The number of hydrogen-bond donors (Lipinski definition) is 2. The maximum Gasteiger partial charge on any atom is 0.236 e. The van der Waals surface area contributed by atoms with Crippen molar-refractivity contribution >= 4 is 5.91 Å². The molecule has 0 aliphatic heterocycles. The zero-order valence-electron chi connectivity index (χ0n) is 16.8. The van der Waals surface area contributed by atoms with Gasteiger partial charge in [0.25, 0.3) is 0 Å². The number of carbonyl (C=O) groups excluding carboxylic acids is 1. The van der Waals surface area contributed by atoms with E-state index in [9.17, 15) is 4.79 Å². The summed E-state index contributed by atoms with van der Waals surface area (Å²) in [7, 11) is 0. The molecule has 25 heavy (non-hydrogen) atoms. The molecule has 0 saturated heterocycles. The first-order valence-electron chi connectivity index (χ1n) is 10.6. The number of nitrogens with one attached hydrogen (secondary N) is 1. The van der Waals surface area contributed by atoms with Crippen LogP contribution in [0.2, 0.25) is 0 Å². The monoisotopic (exact) mass is 350 g/mol. The summed E-state index contributed by atoms with van der Waals surface area (Å²) >= 11 is 0. The minimum Gasteiger partial charge on any atom is -0.294 e. The third-order valence-corrected chi connectivity index (χ3v) is 4.76. The van der Waals surface area contributed by atoms with Crippen molar-refractivity contribution in [3.63, 3.8) is 0 Å². The van der Waals surface area contributed by atoms with Gasteiger partial charge >= 0.3 is 0 Å². The van der Waals surface area contributed by atoms with Crippen molar-refractivity contribution in [1.29, 1.82) is 0 Å². The Morgan fingerprint density at radius 3 is 1.96 bits per heavy atom. The summed E-state index contributed by atoms with van der Waals surface area (Å²) in [5, 5.41) is 0. The van der Waals surface area contributed by atoms with Crippen LogP contribution in [-0.4, -0.2) is 5.91 Å². The summed E-state index contributed by atoms with van der Waals surface area (Å²) in [6, 6.07) is 0. The summed E-state index contributed by atoms with van der Waals surface area (Å²) in [5.74, 6) is 5.29. The standard InChI is InChI=1S/C22H42N2O/c1-3-5-6-7-8-9-10-11-12-13-14-15-16-17-18-19-20-21(4-2)22(25)24-23/h8-9,11-12,21H,3-7,10,13-20,23H2,1-2H3,(H,24,25)/b9-8-,12-11-. The summed E-state index contributed by atoms with van der Waals surface area (Å²) in [6.45, 7) is 4.30. The van der Waals surface area contributed by atoms with Gasteiger partial charge in [0.15, 0.2) is 0 Å². The highest BCUT2D eigenvalue weighted by Gasteiger charge is 2.13. The van der Waals surface area contributed by atoms with E-state index in [2.05, 4.69) is 43.6 Å². The molecular formula is C22H42N2O. The van der Waals surface area contributed by atoms with Crippen molar-refractivity contribution < 1.29 is 4.79 Å². The van der Waals surface area contributed by atoms with Crippen LogP contribution in [0.1, 0.15) is 104 Å². The van der Waals surface area contributed by atoms with Crippen LogP contribution in [0.3, 0.4) is 0 Å². The number of rotatable bonds is 17. The predicted molar refractivity (Wildman–Crippen MR) is 110 cm³/mol. The highest BCUT2D eigenvalue weighted by Crippen LogP contribution is 2.15. The predicted octanol–water partition coefficient (Wildman–Crippen LogP) is 6.21. The Kier molecular flexibility index (Phi) is 18.4. The third kappa shape index (κ3) is 16.1. The Balaban J connectivity index is 3.35. The number of amides is 1. The third-order valence-electron chi connectivity index (χ3n) is 4.76. The van der Waals surface area contributed by atoms with Crippen LogP contribution >= 0.6 is 0 Å². The molecule has 0 bridgehead atoms. The summed E-state index contributed by atoms with van der Waals surface area (Å²) < 4.78 is 0. The molecule has 0 aromatic rings. The van der Waals surface area contributed by atoms with E-state index in [1.807, 2.05) is 0 Å². The first kappa shape index (κ1) is 23.9. The molecule has 0 radical (unpaired) electrons. The maximum atomic E-state index is 11.5. The van der Waals surface area contributed by atoms with E-state index in [0.29, 0.717) is 0 Å². The fraction of sp³-hybridized carbons (Fsp3) is 0.773. The molecule has 0 rings (SSSR count). The van der Waals surface area contributed by atoms with Crippen molar-refractivity contribution in [2.24, 2.45) is 11.8 Å². The van der Waals surface area contributed by atoms with Crippen molar-refractivity contribution in [2.75, 3.05) is 0 Å². The van der Waals surface area contributed by atoms with Gasteiger partial charge in [-0.05, 0) is 44.9 Å². The molecule has 3 heteroatoms. The second kappa shape index (κ2) is 19.2. The lowest BCUT2D eigenvalue weighted by Gasteiger charge is -2.12. The highest BCUT2D eigenvalue weighted by molar-refractivity contribution is 5.77. The Hall–Kier alpha value is -1.09. The zero-order valence-corrected chi connectivity index (χ0v) is 16.8. The number of hydrazine groups is 1. The molecular weight excluding hydrogens is 308 g/mol. The van der Waals surface area contributed by atoms with E-state index in [4.69, 9.17) is 5.84 Å². The first-order chi connectivity index (χ1) is 12.3. The minimum absolute atomic E-state index is 0.00917. The van der Waals surface area contributed by atoms with Crippen molar-refractivity contribution in [3.05, 3.63) is 24.3 Å². The molecule has 0 heterocycles. The van der Waals surface area contributed by atoms with Crippen LogP contribution in [-0.2, 0) is 4.79 Å². The summed E-state index contributed by atoms with van der Waals surface area (Å²) in [4.78, 5) is 11.5. The molecule has 0 aromatic carbocycles. The maximum absolute atomic E-state index is 11.5. The number of nitrogens with two attached hydrogens (primary N) is 1. The Bertz CT molecular complexity index is 350. The van der Waals surface area contributed by atoms with Gasteiger partial charge in [-0.1, -0.05) is 83.1 Å². The SMILES string of the molecule is CCCCC/C=C\C/C=C\CCCCCCCCC(CC)C(=O)NN. The second-order valence-electron chi connectivity index (χ2n) is 6.99. The normalized spacial score (nSPS) is 12.9. The lowest BCUT2D eigenvalue weighted by Crippen LogP contribution is -2.35. The van der Waals surface area contributed by atoms with Crippen LogP contribution in [0, 0.1) is 5.92 Å². The quantitative estimate of drug-likeness (QED) is 0.108. The lowest BCUT2D eigenvalue weighted by atomic mass is 9.97. The van der Waals surface area contributed by atoms with Crippen LogP contribution in [0.25, 0.3) is 0 Å². The molecule has 1 atom stereocenters. The summed E-state index contributed by atoms with van der Waals surface area (Å²) in [5.41, 5.74) is 2.27. The molecule has 3 N–H and O–H groups in total. The van der Waals surface area contributed by atoms with Crippen LogP contribution in [0.15, 0.2) is 24.3 Å². The number of unbranched alkanes of at least 4 members (excludes halogenated alkanes) is 9. The van der Waals surface area contributed by atoms with Crippen molar-refractivity contribution in [3.8, 4) is 0 Å². The molecule has 0 aliphatic rings. The van der Waals surface area contributed by atoms with Gasteiger partial charge < -0.3 is 0 Å². The molecule has 0 aromatic heterocycles. The van der Waals surface area contributed by atoms with Crippen LogP contribution < -0.4 is 11.3 Å². The molecule has 0 aliphatic carbocycles. The average molecular weight is 351 g/mol. The van der Waals surface area contributed by atoms with Crippen LogP contribution in [0.5, 0.6) is 0 Å². The van der Waals surface area contributed by atoms with E-state index in [0.717, 1.165) is 25.7 Å². The van der Waals surface area contributed by atoms with Gasteiger partial charge in [0.05, 0.1) is 0 Å². The first-order valence-corrected chi connectivity index (χ1v) is 10.6. The van der Waals surface area contributed by atoms with Gasteiger partial charge in [-0.15, -0.1) is 0 Å². The Morgan fingerprint density at radius 1 is 0.840 bits per heavy atom. The second-order valence-corrected chi connectivity index (χ2v) is 6.99. The molecule has 146 valence electrons. The Morgan fingerprint density at radius 2 is 1.40 bits per heavy atom. The van der Waals surface area contributed by atoms with Crippen molar-refractivity contribution in [2.45, 2.75) is 104 Å². The average Bonchev–Trinajstić information content (AvgIpc) is 2.64. The number of carbonyl (C=O) groups is 1. The van der Waals surface area contributed by atoms with Gasteiger partial charge in [0.1, 0.15) is 0 Å². The van der Waals surface area contributed by atoms with Gasteiger partial charge in [-0.3, -0.25) is 10.2 Å². The molecule has 0 fully saturated rings. The lowest BCUT2D eigenvalue weighted by molar-refractivity contribution is -0.125. The number of hydrogen-bond acceptors (Lipinski definition) is 2. The van der Waals surface area contributed by atoms with E-state index in [1.165, 1.54) is 64.2 Å². The van der Waals surface area contributed by atoms with Gasteiger partial charge in [-0.2, -0.15) is 0 Å². The van der Waals surface area contributed by atoms with Crippen molar-refractivity contribution in [1.82, 2.24) is 5.43 Å². The van der Waals surface area contributed by atoms with E-state index >= 15 is 0 Å². The smallest absolute Gasteiger partial charge is 0.236 e.